The Bertz CT molecular complexity index is 551. The first-order valence-electron chi connectivity index (χ1n) is 6.95. The minimum absolute atomic E-state index is 0.339. The van der Waals surface area contributed by atoms with Gasteiger partial charge in [-0.3, -0.25) is 0 Å². The van der Waals surface area contributed by atoms with Crippen molar-refractivity contribution in [3.8, 4) is 5.75 Å². The minimum Gasteiger partial charge on any atom is -0.497 e. The summed E-state index contributed by atoms with van der Waals surface area (Å²) in [6.45, 7) is 3.07. The van der Waals surface area contributed by atoms with E-state index in [9.17, 15) is 0 Å². The lowest BCUT2D eigenvalue weighted by atomic mass is 10.0. The van der Waals surface area contributed by atoms with E-state index in [-0.39, 0.29) is 0 Å². The number of benzene rings is 1. The topological polar surface area (TPSA) is 21.3 Å². The van der Waals surface area contributed by atoms with Gasteiger partial charge in [0.05, 0.1) is 15.9 Å². The fourth-order valence-corrected chi connectivity index (χ4v) is 4.09. The van der Waals surface area contributed by atoms with Crippen molar-refractivity contribution >= 4 is 38.9 Å². The van der Waals surface area contributed by atoms with Crippen LogP contribution in [-0.4, -0.2) is 13.7 Å². The van der Waals surface area contributed by atoms with Gasteiger partial charge in [0.2, 0.25) is 0 Å². The molecule has 2 nitrogen and oxygen atoms in total. The van der Waals surface area contributed by atoms with Gasteiger partial charge in [-0.1, -0.05) is 30.7 Å². The Morgan fingerprint density at radius 1 is 1.33 bits per heavy atom. The standard InChI is InChI=1S/C16H19BrClNOS/c1-3-19-14(15-10-13(18)16(17)21-15)9-6-11-4-7-12(20-2)8-5-11/h4-5,7-8,10,14,19H,3,6,9H2,1-2H3. The first kappa shape index (κ1) is 16.8. The maximum Gasteiger partial charge on any atom is 0.118 e. The van der Waals surface area contributed by atoms with Gasteiger partial charge in [-0.15, -0.1) is 11.3 Å². The number of halogens is 2. The zero-order valence-electron chi connectivity index (χ0n) is 12.2. The Morgan fingerprint density at radius 2 is 2.05 bits per heavy atom. The molecule has 5 heteroatoms. The molecule has 0 amide bonds. The molecule has 21 heavy (non-hydrogen) atoms. The monoisotopic (exact) mass is 387 g/mol. The molecular weight excluding hydrogens is 370 g/mol. The van der Waals surface area contributed by atoms with Crippen LogP contribution in [0.1, 0.15) is 29.8 Å². The van der Waals surface area contributed by atoms with Crippen molar-refractivity contribution in [3.63, 3.8) is 0 Å². The number of thiophene rings is 1. The predicted octanol–water partition coefficient (Wildman–Crippen LogP) is 5.46. The van der Waals surface area contributed by atoms with Crippen molar-refractivity contribution in [1.82, 2.24) is 5.32 Å². The van der Waals surface area contributed by atoms with E-state index in [0.29, 0.717) is 6.04 Å². The predicted molar refractivity (Wildman–Crippen MR) is 94.8 cm³/mol. The van der Waals surface area contributed by atoms with E-state index in [1.54, 1.807) is 18.4 Å². The molecule has 1 aromatic heterocycles. The Hall–Kier alpha value is -0.550. The Labute approximate surface area is 143 Å². The van der Waals surface area contributed by atoms with E-state index in [0.717, 1.165) is 33.9 Å². The summed E-state index contributed by atoms with van der Waals surface area (Å²) in [6, 6.07) is 10.7. The van der Waals surface area contributed by atoms with E-state index in [4.69, 9.17) is 16.3 Å². The highest BCUT2D eigenvalue weighted by molar-refractivity contribution is 9.11. The highest BCUT2D eigenvalue weighted by atomic mass is 79.9. The third-order valence-corrected chi connectivity index (χ3v) is 5.93. The molecule has 0 aliphatic carbocycles. The van der Waals surface area contributed by atoms with Gasteiger partial charge < -0.3 is 10.1 Å². The van der Waals surface area contributed by atoms with E-state index in [1.165, 1.54) is 10.4 Å². The number of rotatable bonds is 7. The second-order valence-corrected chi connectivity index (χ2v) is 7.58. The lowest BCUT2D eigenvalue weighted by Crippen LogP contribution is -2.20. The maximum absolute atomic E-state index is 6.15. The fraction of sp³-hybridized carbons (Fsp3) is 0.375. The highest BCUT2D eigenvalue weighted by Gasteiger charge is 2.15. The molecule has 1 aromatic carbocycles. The normalized spacial score (nSPS) is 12.4. The number of aryl methyl sites for hydroxylation is 1. The van der Waals surface area contributed by atoms with Gasteiger partial charge in [0.15, 0.2) is 0 Å². The van der Waals surface area contributed by atoms with Crippen LogP contribution in [0.2, 0.25) is 5.02 Å². The van der Waals surface area contributed by atoms with E-state index in [2.05, 4.69) is 46.4 Å². The summed E-state index contributed by atoms with van der Waals surface area (Å²) in [5.74, 6) is 0.899. The number of nitrogens with one attached hydrogen (secondary N) is 1. The quantitative estimate of drug-likeness (QED) is 0.680. The smallest absolute Gasteiger partial charge is 0.118 e. The van der Waals surface area contributed by atoms with Crippen molar-refractivity contribution in [2.45, 2.75) is 25.8 Å². The van der Waals surface area contributed by atoms with Gasteiger partial charge in [-0.05, 0) is 59.1 Å². The Balaban J connectivity index is 2.02. The second-order valence-electron chi connectivity index (χ2n) is 4.77. The molecule has 1 heterocycles. The molecule has 1 unspecified atom stereocenters. The van der Waals surface area contributed by atoms with Gasteiger partial charge >= 0.3 is 0 Å². The summed E-state index contributed by atoms with van der Waals surface area (Å²) in [6.07, 6.45) is 2.07. The lowest BCUT2D eigenvalue weighted by Gasteiger charge is -2.16. The van der Waals surface area contributed by atoms with Crippen LogP contribution in [0.25, 0.3) is 0 Å². The van der Waals surface area contributed by atoms with E-state index in [1.807, 2.05) is 12.1 Å². The molecule has 0 saturated carbocycles. The minimum atomic E-state index is 0.339. The summed E-state index contributed by atoms with van der Waals surface area (Å²) in [4.78, 5) is 1.28. The SMILES string of the molecule is CCNC(CCc1ccc(OC)cc1)c1cc(Cl)c(Br)s1. The summed E-state index contributed by atoms with van der Waals surface area (Å²) >= 11 is 11.3. The Kier molecular flexibility index (Phi) is 6.55. The zero-order valence-corrected chi connectivity index (χ0v) is 15.3. The van der Waals surface area contributed by atoms with E-state index >= 15 is 0 Å². The molecule has 0 aliphatic heterocycles. The number of hydrogen-bond acceptors (Lipinski definition) is 3. The van der Waals surface area contributed by atoms with Crippen molar-refractivity contribution in [1.29, 1.82) is 0 Å². The van der Waals surface area contributed by atoms with Crippen molar-refractivity contribution in [3.05, 3.63) is 49.6 Å². The summed E-state index contributed by atoms with van der Waals surface area (Å²) in [5.41, 5.74) is 1.32. The number of hydrogen-bond donors (Lipinski definition) is 1. The van der Waals surface area contributed by atoms with Gasteiger partial charge in [0.25, 0.3) is 0 Å². The molecule has 1 atom stereocenters. The Morgan fingerprint density at radius 3 is 2.57 bits per heavy atom. The molecule has 2 aromatic rings. The van der Waals surface area contributed by atoms with Gasteiger partial charge in [-0.25, -0.2) is 0 Å². The van der Waals surface area contributed by atoms with Crippen LogP contribution in [0.5, 0.6) is 5.75 Å². The molecule has 0 spiro atoms. The number of ether oxygens (including phenoxy) is 1. The summed E-state index contributed by atoms with van der Waals surface area (Å²) < 4.78 is 6.19. The molecule has 0 radical (unpaired) electrons. The van der Waals surface area contributed by atoms with Crippen LogP contribution in [0.3, 0.4) is 0 Å². The largest absolute Gasteiger partial charge is 0.497 e. The van der Waals surface area contributed by atoms with Crippen molar-refractivity contribution in [2.75, 3.05) is 13.7 Å². The van der Waals surface area contributed by atoms with Crippen LogP contribution < -0.4 is 10.1 Å². The maximum atomic E-state index is 6.15. The third-order valence-electron chi connectivity index (χ3n) is 3.34. The van der Waals surface area contributed by atoms with Crippen LogP contribution in [0, 0.1) is 0 Å². The molecule has 0 bridgehead atoms. The summed E-state index contributed by atoms with van der Waals surface area (Å²) in [7, 11) is 1.69. The first-order chi connectivity index (χ1) is 10.1. The van der Waals surface area contributed by atoms with Gasteiger partial charge in [0, 0.05) is 10.9 Å². The zero-order chi connectivity index (χ0) is 15.2. The summed E-state index contributed by atoms with van der Waals surface area (Å²) in [5, 5.41) is 4.33. The molecule has 1 N–H and O–H groups in total. The third kappa shape index (κ3) is 4.71. The molecule has 0 fully saturated rings. The molecule has 2 rings (SSSR count). The van der Waals surface area contributed by atoms with Crippen LogP contribution >= 0.6 is 38.9 Å². The van der Waals surface area contributed by atoms with Gasteiger partial charge in [-0.2, -0.15) is 0 Å². The molecule has 0 aliphatic rings. The van der Waals surface area contributed by atoms with Crippen LogP contribution in [0.4, 0.5) is 0 Å². The molecule has 114 valence electrons. The van der Waals surface area contributed by atoms with Gasteiger partial charge in [0.1, 0.15) is 5.75 Å². The second kappa shape index (κ2) is 8.18. The number of methoxy groups -OCH3 is 1. The first-order valence-corrected chi connectivity index (χ1v) is 8.93. The average molecular weight is 389 g/mol. The lowest BCUT2D eigenvalue weighted by molar-refractivity contribution is 0.414. The highest BCUT2D eigenvalue weighted by Crippen LogP contribution is 2.36. The average Bonchev–Trinajstić information content (AvgIpc) is 2.83. The van der Waals surface area contributed by atoms with Crippen molar-refractivity contribution < 1.29 is 4.74 Å². The van der Waals surface area contributed by atoms with Crippen LogP contribution in [-0.2, 0) is 6.42 Å². The van der Waals surface area contributed by atoms with E-state index < -0.39 is 0 Å². The molecule has 0 saturated heterocycles. The fourth-order valence-electron chi connectivity index (χ4n) is 2.23. The molecular formula is C16H19BrClNOS. The van der Waals surface area contributed by atoms with Crippen molar-refractivity contribution in [2.24, 2.45) is 0 Å². The van der Waals surface area contributed by atoms with Crippen LogP contribution in [0.15, 0.2) is 34.1 Å².